The molecule has 9 nitrogen and oxygen atoms in total. The summed E-state index contributed by atoms with van der Waals surface area (Å²) in [7, 11) is 0. The summed E-state index contributed by atoms with van der Waals surface area (Å²) in [6.07, 6.45) is 0. The van der Waals surface area contributed by atoms with E-state index in [1.165, 1.54) is 41.1 Å². The van der Waals surface area contributed by atoms with E-state index in [0.717, 1.165) is 16.5 Å². The molecule has 10 heteroatoms. The molecule has 4 aromatic carbocycles. The summed E-state index contributed by atoms with van der Waals surface area (Å²) in [5.41, 5.74) is 2.35. The molecule has 0 bridgehead atoms. The molecule has 0 saturated carbocycles. The van der Waals surface area contributed by atoms with Gasteiger partial charge in [-0.1, -0.05) is 59.8 Å². The van der Waals surface area contributed by atoms with Crippen LogP contribution in [0.5, 0.6) is 11.5 Å². The topological polar surface area (TPSA) is 121 Å². The Morgan fingerprint density at radius 1 is 0.897 bits per heavy atom. The number of phenols is 2. The highest BCUT2D eigenvalue weighted by molar-refractivity contribution is 6.01. The minimum absolute atomic E-state index is 0.122. The summed E-state index contributed by atoms with van der Waals surface area (Å²) in [6, 6.07) is 24.1. The number of carbonyl (C=O) groups is 2. The van der Waals surface area contributed by atoms with Gasteiger partial charge < -0.3 is 15.5 Å². The number of para-hydroxylation sites is 1. The zero-order valence-corrected chi connectivity index (χ0v) is 20.6. The zero-order chi connectivity index (χ0) is 27.4. The van der Waals surface area contributed by atoms with Crippen molar-refractivity contribution in [1.29, 1.82) is 0 Å². The Morgan fingerprint density at radius 3 is 2.44 bits per heavy atom. The number of nitrogens with one attached hydrogen (secondary N) is 1. The van der Waals surface area contributed by atoms with Gasteiger partial charge in [0.15, 0.2) is 11.5 Å². The average Bonchev–Trinajstić information content (AvgIpc) is 3.35. The number of aromatic hydroxyl groups is 2. The maximum atomic E-state index is 14.4. The normalized spacial score (nSPS) is 11.7. The molecule has 2 amide bonds. The molecule has 1 heterocycles. The molecule has 0 radical (unpaired) electrons. The Balaban J connectivity index is 1.57. The summed E-state index contributed by atoms with van der Waals surface area (Å²) >= 11 is 0. The maximum Gasteiger partial charge on any atom is 0.249 e. The second-order valence-electron chi connectivity index (χ2n) is 8.83. The van der Waals surface area contributed by atoms with E-state index >= 15 is 0 Å². The fourth-order valence-electron chi connectivity index (χ4n) is 4.31. The smallest absolute Gasteiger partial charge is 0.249 e. The lowest BCUT2D eigenvalue weighted by Crippen LogP contribution is -2.45. The summed E-state index contributed by atoms with van der Waals surface area (Å²) in [5.74, 6) is -2.62. The van der Waals surface area contributed by atoms with Crippen molar-refractivity contribution in [2.75, 3.05) is 4.90 Å². The molecule has 0 aliphatic carbocycles. The lowest BCUT2D eigenvalue weighted by molar-refractivity contribution is -0.127. The van der Waals surface area contributed by atoms with Crippen LogP contribution in [0.15, 0.2) is 97.1 Å². The molecule has 3 N–H and O–H groups in total. The molecule has 0 aliphatic heterocycles. The summed E-state index contributed by atoms with van der Waals surface area (Å²) in [5, 5.41) is 31.1. The molecule has 0 aliphatic rings. The standard InChI is InChI=1S/C29H24FN5O4/c30-21-9-6-10-22(16-21)35(27(38)18-34-24-12-5-4-11-23(24)32-33-34)28(20-13-14-25(36)26(37)15-20)29(39)31-17-19-7-2-1-3-8-19/h1-16,28,36-37H,17-18H2,(H,31,39). The van der Waals surface area contributed by atoms with Crippen LogP contribution in [-0.4, -0.2) is 37.0 Å². The average molecular weight is 526 g/mol. The third kappa shape index (κ3) is 5.54. The third-order valence-electron chi connectivity index (χ3n) is 6.19. The first-order valence-electron chi connectivity index (χ1n) is 12.1. The Hall–Kier alpha value is -5.25. The van der Waals surface area contributed by atoms with E-state index in [9.17, 15) is 24.2 Å². The fraction of sp³-hybridized carbons (Fsp3) is 0.103. The van der Waals surface area contributed by atoms with Gasteiger partial charge in [0.25, 0.3) is 0 Å². The lowest BCUT2D eigenvalue weighted by atomic mass is 10.0. The predicted molar refractivity (Wildman–Crippen MR) is 142 cm³/mol. The van der Waals surface area contributed by atoms with Crippen LogP contribution in [0.2, 0.25) is 0 Å². The molecule has 5 aromatic rings. The van der Waals surface area contributed by atoms with Crippen LogP contribution in [-0.2, 0) is 22.7 Å². The van der Waals surface area contributed by atoms with Crippen molar-refractivity contribution in [2.24, 2.45) is 0 Å². The van der Waals surface area contributed by atoms with E-state index in [4.69, 9.17) is 0 Å². The molecule has 39 heavy (non-hydrogen) atoms. The maximum absolute atomic E-state index is 14.4. The Kier molecular flexibility index (Phi) is 7.17. The van der Waals surface area contributed by atoms with Gasteiger partial charge in [0.1, 0.15) is 23.9 Å². The molecule has 196 valence electrons. The van der Waals surface area contributed by atoms with Crippen molar-refractivity contribution in [1.82, 2.24) is 20.3 Å². The van der Waals surface area contributed by atoms with Crippen molar-refractivity contribution in [3.63, 3.8) is 0 Å². The van der Waals surface area contributed by atoms with E-state index in [2.05, 4.69) is 15.6 Å². The molecule has 1 atom stereocenters. The molecule has 0 saturated heterocycles. The van der Waals surface area contributed by atoms with Crippen LogP contribution in [0.1, 0.15) is 17.2 Å². The number of hydrogen-bond acceptors (Lipinski definition) is 6. The van der Waals surface area contributed by atoms with Gasteiger partial charge in [-0.05, 0) is 53.6 Å². The number of fused-ring (bicyclic) bond motifs is 1. The van der Waals surface area contributed by atoms with Crippen LogP contribution < -0.4 is 10.2 Å². The summed E-state index contributed by atoms with van der Waals surface area (Å²) < 4.78 is 15.8. The largest absolute Gasteiger partial charge is 0.504 e. The van der Waals surface area contributed by atoms with Gasteiger partial charge in [-0.15, -0.1) is 5.10 Å². The highest BCUT2D eigenvalue weighted by Crippen LogP contribution is 2.34. The van der Waals surface area contributed by atoms with E-state index < -0.39 is 29.4 Å². The number of amides is 2. The third-order valence-corrected chi connectivity index (χ3v) is 6.19. The first-order chi connectivity index (χ1) is 18.9. The molecule has 0 spiro atoms. The van der Waals surface area contributed by atoms with E-state index in [1.807, 2.05) is 30.3 Å². The number of aromatic nitrogens is 3. The molecular formula is C29H24FN5O4. The van der Waals surface area contributed by atoms with Crippen LogP contribution in [0.4, 0.5) is 10.1 Å². The molecule has 5 rings (SSSR count). The monoisotopic (exact) mass is 525 g/mol. The fourth-order valence-corrected chi connectivity index (χ4v) is 4.31. The van der Waals surface area contributed by atoms with Crippen LogP contribution in [0.25, 0.3) is 11.0 Å². The van der Waals surface area contributed by atoms with Gasteiger partial charge in [0.05, 0.1) is 5.52 Å². The van der Waals surface area contributed by atoms with E-state index in [-0.39, 0.29) is 30.1 Å². The molecular weight excluding hydrogens is 501 g/mol. The second kappa shape index (κ2) is 11.0. The first kappa shape index (κ1) is 25.4. The highest BCUT2D eigenvalue weighted by Gasteiger charge is 2.34. The quantitative estimate of drug-likeness (QED) is 0.263. The van der Waals surface area contributed by atoms with Crippen molar-refractivity contribution in [3.8, 4) is 11.5 Å². The van der Waals surface area contributed by atoms with Crippen LogP contribution in [0.3, 0.4) is 0 Å². The zero-order valence-electron chi connectivity index (χ0n) is 20.6. The highest BCUT2D eigenvalue weighted by atomic mass is 19.1. The number of phenolic OH excluding ortho intramolecular Hbond substituents is 2. The van der Waals surface area contributed by atoms with Crippen LogP contribution >= 0.6 is 0 Å². The summed E-state index contributed by atoms with van der Waals surface area (Å²) in [6.45, 7) is -0.136. The number of benzene rings is 4. The van der Waals surface area contributed by atoms with Gasteiger partial charge in [0.2, 0.25) is 11.8 Å². The second-order valence-corrected chi connectivity index (χ2v) is 8.83. The number of anilines is 1. The van der Waals surface area contributed by atoms with Crippen molar-refractivity contribution >= 4 is 28.5 Å². The molecule has 1 unspecified atom stereocenters. The van der Waals surface area contributed by atoms with Gasteiger partial charge >= 0.3 is 0 Å². The predicted octanol–water partition coefficient (Wildman–Crippen LogP) is 4.07. The number of halogens is 1. The van der Waals surface area contributed by atoms with E-state index in [1.54, 1.807) is 24.3 Å². The number of nitrogens with zero attached hydrogens (tertiary/aromatic N) is 4. The van der Waals surface area contributed by atoms with Gasteiger partial charge in [0, 0.05) is 12.2 Å². The number of rotatable bonds is 8. The van der Waals surface area contributed by atoms with Gasteiger partial charge in [-0.25, -0.2) is 9.07 Å². The Morgan fingerprint density at radius 2 is 1.67 bits per heavy atom. The molecule has 0 fully saturated rings. The Bertz CT molecular complexity index is 1640. The first-order valence-corrected chi connectivity index (χ1v) is 12.1. The minimum atomic E-state index is -1.33. The Labute approximate surface area is 222 Å². The van der Waals surface area contributed by atoms with Gasteiger partial charge in [-0.2, -0.15) is 0 Å². The SMILES string of the molecule is O=C(NCc1ccccc1)C(c1ccc(O)c(O)c1)N(C(=O)Cn1nnc2ccccc21)c1cccc(F)c1. The molecule has 1 aromatic heterocycles. The minimum Gasteiger partial charge on any atom is -0.504 e. The van der Waals surface area contributed by atoms with Gasteiger partial charge in [-0.3, -0.25) is 14.5 Å². The summed E-state index contributed by atoms with van der Waals surface area (Å²) in [4.78, 5) is 28.8. The number of hydrogen-bond donors (Lipinski definition) is 3. The van der Waals surface area contributed by atoms with Crippen molar-refractivity contribution in [2.45, 2.75) is 19.1 Å². The van der Waals surface area contributed by atoms with E-state index in [0.29, 0.717) is 11.0 Å². The number of carbonyl (C=O) groups excluding carboxylic acids is 2. The van der Waals surface area contributed by atoms with Crippen molar-refractivity contribution < 1.29 is 24.2 Å². The van der Waals surface area contributed by atoms with Crippen molar-refractivity contribution in [3.05, 3.63) is 114 Å². The van der Waals surface area contributed by atoms with Crippen LogP contribution in [0, 0.1) is 5.82 Å². The lowest BCUT2D eigenvalue weighted by Gasteiger charge is -2.31.